The van der Waals surface area contributed by atoms with Crippen LogP contribution < -0.4 is 5.32 Å². The Morgan fingerprint density at radius 2 is 1.59 bits per heavy atom. The van der Waals surface area contributed by atoms with Gasteiger partial charge < -0.3 is 5.32 Å². The fourth-order valence-corrected chi connectivity index (χ4v) is 6.58. The number of carbonyl (C=O) groups is 1. The van der Waals surface area contributed by atoms with Gasteiger partial charge in [0.25, 0.3) is 0 Å². The molecule has 1 atom stereocenters. The van der Waals surface area contributed by atoms with Crippen LogP contribution in [-0.2, 0) is 14.8 Å². The molecule has 184 valence electrons. The lowest BCUT2D eigenvalue weighted by molar-refractivity contribution is -0.126. The number of hydrogen-bond donors (Lipinski definition) is 1. The van der Waals surface area contributed by atoms with Crippen LogP contribution >= 0.6 is 0 Å². The fraction of sp³-hybridized carbons (Fsp3) is 0.519. The van der Waals surface area contributed by atoms with Crippen molar-refractivity contribution in [3.8, 4) is 0 Å². The third kappa shape index (κ3) is 5.53. The van der Waals surface area contributed by atoms with Crippen molar-refractivity contribution in [3.63, 3.8) is 0 Å². The number of nitrogens with zero attached hydrogens (tertiary/aromatic N) is 2. The van der Waals surface area contributed by atoms with Gasteiger partial charge in [-0.1, -0.05) is 35.9 Å². The van der Waals surface area contributed by atoms with Gasteiger partial charge in [0.15, 0.2) is 0 Å². The van der Waals surface area contributed by atoms with Gasteiger partial charge in [-0.05, 0) is 88.4 Å². The highest BCUT2D eigenvalue weighted by atomic mass is 32.2. The average Bonchev–Trinajstić information content (AvgIpc) is 3.36. The molecule has 0 aliphatic carbocycles. The summed E-state index contributed by atoms with van der Waals surface area (Å²) in [6.07, 6.45) is 3.50. The van der Waals surface area contributed by atoms with Crippen molar-refractivity contribution < 1.29 is 13.2 Å². The standard InChI is InChI=1S/C27H37N3O3S/c1-20-6-9-23(10-7-20)26(29-14-4-5-15-29)19-28-27(31)24-12-16-30(17-13-24)34(32,33)25-11-8-21(2)22(3)18-25/h6-11,18,24,26H,4-5,12-17,19H2,1-3H3,(H,28,31). The van der Waals surface area contributed by atoms with Gasteiger partial charge in [0, 0.05) is 25.6 Å². The number of benzene rings is 2. The second-order valence-corrected chi connectivity index (χ2v) is 11.8. The summed E-state index contributed by atoms with van der Waals surface area (Å²) in [6.45, 7) is 9.44. The summed E-state index contributed by atoms with van der Waals surface area (Å²) in [5.74, 6) is -0.108. The summed E-state index contributed by atoms with van der Waals surface area (Å²) in [5, 5.41) is 3.19. The number of likely N-dealkylation sites (tertiary alicyclic amines) is 1. The maximum Gasteiger partial charge on any atom is 0.243 e. The zero-order valence-electron chi connectivity index (χ0n) is 20.6. The summed E-state index contributed by atoms with van der Waals surface area (Å²) < 4.78 is 27.7. The molecule has 2 saturated heterocycles. The highest BCUT2D eigenvalue weighted by molar-refractivity contribution is 7.89. The van der Waals surface area contributed by atoms with Crippen LogP contribution in [0.4, 0.5) is 0 Å². The second-order valence-electron chi connectivity index (χ2n) is 9.84. The van der Waals surface area contributed by atoms with Crippen molar-refractivity contribution in [2.45, 2.75) is 57.4 Å². The van der Waals surface area contributed by atoms with Crippen LogP contribution in [0, 0.1) is 26.7 Å². The molecule has 2 fully saturated rings. The van der Waals surface area contributed by atoms with Crippen LogP contribution in [-0.4, -0.2) is 56.3 Å². The van der Waals surface area contributed by atoms with E-state index in [1.54, 1.807) is 12.1 Å². The molecule has 0 saturated carbocycles. The third-order valence-corrected chi connectivity index (χ3v) is 9.35. The van der Waals surface area contributed by atoms with Crippen molar-refractivity contribution in [3.05, 3.63) is 64.7 Å². The highest BCUT2D eigenvalue weighted by Crippen LogP contribution is 2.27. The average molecular weight is 484 g/mol. The van der Waals surface area contributed by atoms with Gasteiger partial charge in [0.1, 0.15) is 0 Å². The zero-order valence-corrected chi connectivity index (χ0v) is 21.4. The Labute approximate surface area is 204 Å². The van der Waals surface area contributed by atoms with Crippen molar-refractivity contribution in [2.75, 3.05) is 32.7 Å². The number of sulfonamides is 1. The molecule has 0 aromatic heterocycles. The molecule has 2 aliphatic heterocycles. The van der Waals surface area contributed by atoms with Gasteiger partial charge in [0.05, 0.1) is 10.9 Å². The topological polar surface area (TPSA) is 69.7 Å². The molecule has 1 amide bonds. The Kier molecular flexibility index (Phi) is 7.75. The molecule has 0 bridgehead atoms. The maximum atomic E-state index is 13.1. The van der Waals surface area contributed by atoms with E-state index in [1.807, 2.05) is 19.9 Å². The molecule has 0 radical (unpaired) electrons. The minimum absolute atomic E-state index is 0.0412. The van der Waals surface area contributed by atoms with Crippen LogP contribution in [0.3, 0.4) is 0 Å². The first-order valence-corrected chi connectivity index (χ1v) is 13.9. The molecule has 1 unspecified atom stereocenters. The largest absolute Gasteiger partial charge is 0.354 e. The van der Waals surface area contributed by atoms with E-state index in [2.05, 4.69) is 41.4 Å². The highest BCUT2D eigenvalue weighted by Gasteiger charge is 2.33. The van der Waals surface area contributed by atoms with Crippen molar-refractivity contribution in [1.82, 2.24) is 14.5 Å². The van der Waals surface area contributed by atoms with Gasteiger partial charge in [-0.2, -0.15) is 4.31 Å². The molecule has 2 aromatic rings. The predicted molar refractivity (Wildman–Crippen MR) is 135 cm³/mol. The van der Waals surface area contributed by atoms with E-state index in [0.29, 0.717) is 37.4 Å². The first-order chi connectivity index (χ1) is 16.3. The Bertz CT molecular complexity index is 1100. The lowest BCUT2D eigenvalue weighted by Gasteiger charge is -2.32. The molecule has 6 nitrogen and oxygen atoms in total. The summed E-state index contributed by atoms with van der Waals surface area (Å²) in [5.41, 5.74) is 4.52. The molecule has 7 heteroatoms. The van der Waals surface area contributed by atoms with E-state index >= 15 is 0 Å². The minimum Gasteiger partial charge on any atom is -0.354 e. The number of hydrogen-bond acceptors (Lipinski definition) is 4. The van der Waals surface area contributed by atoms with Crippen molar-refractivity contribution >= 4 is 15.9 Å². The van der Waals surface area contributed by atoms with Gasteiger partial charge in [-0.15, -0.1) is 0 Å². The van der Waals surface area contributed by atoms with E-state index in [1.165, 1.54) is 28.3 Å². The molecule has 2 heterocycles. The molecule has 1 N–H and O–H groups in total. The van der Waals surface area contributed by atoms with E-state index in [-0.39, 0.29) is 17.9 Å². The van der Waals surface area contributed by atoms with Crippen LogP contribution in [0.5, 0.6) is 0 Å². The van der Waals surface area contributed by atoms with E-state index in [0.717, 1.165) is 24.2 Å². The lowest BCUT2D eigenvalue weighted by atomic mass is 9.96. The number of piperidine rings is 1. The van der Waals surface area contributed by atoms with Gasteiger partial charge in [0.2, 0.25) is 15.9 Å². The molecule has 4 rings (SSSR count). The molecular formula is C27H37N3O3S. The number of rotatable bonds is 7. The smallest absolute Gasteiger partial charge is 0.243 e. The Morgan fingerprint density at radius 1 is 0.941 bits per heavy atom. The monoisotopic (exact) mass is 483 g/mol. The predicted octanol–water partition coefficient (Wildman–Crippen LogP) is 3.97. The summed E-state index contributed by atoms with van der Waals surface area (Å²) in [4.78, 5) is 15.8. The zero-order chi connectivity index (χ0) is 24.3. The molecular weight excluding hydrogens is 446 g/mol. The molecule has 2 aromatic carbocycles. The normalized spacial score (nSPS) is 19.3. The van der Waals surface area contributed by atoms with E-state index < -0.39 is 10.0 Å². The van der Waals surface area contributed by atoms with Crippen LogP contribution in [0.1, 0.15) is 54.0 Å². The number of amides is 1. The van der Waals surface area contributed by atoms with Gasteiger partial charge in [-0.3, -0.25) is 9.69 Å². The molecule has 2 aliphatic rings. The van der Waals surface area contributed by atoms with Crippen LogP contribution in [0.2, 0.25) is 0 Å². The third-order valence-electron chi connectivity index (χ3n) is 7.45. The second kappa shape index (κ2) is 10.6. The number of aryl methyl sites for hydroxylation is 3. The van der Waals surface area contributed by atoms with Crippen LogP contribution in [0.15, 0.2) is 47.4 Å². The summed E-state index contributed by atoms with van der Waals surface area (Å²) >= 11 is 0. The number of carbonyl (C=O) groups excluding carboxylic acids is 1. The Balaban J connectivity index is 1.35. The van der Waals surface area contributed by atoms with Crippen molar-refractivity contribution in [1.29, 1.82) is 0 Å². The molecule has 0 spiro atoms. The van der Waals surface area contributed by atoms with Gasteiger partial charge in [-0.25, -0.2) is 8.42 Å². The first-order valence-electron chi connectivity index (χ1n) is 12.4. The Hall–Kier alpha value is -2.22. The molecule has 34 heavy (non-hydrogen) atoms. The summed E-state index contributed by atoms with van der Waals surface area (Å²) in [7, 11) is -3.53. The maximum absolute atomic E-state index is 13.1. The number of nitrogens with one attached hydrogen (secondary N) is 1. The van der Waals surface area contributed by atoms with E-state index in [9.17, 15) is 13.2 Å². The first kappa shape index (κ1) is 24.9. The summed E-state index contributed by atoms with van der Waals surface area (Å²) in [6, 6.07) is 14.1. The Morgan fingerprint density at radius 3 is 2.21 bits per heavy atom. The quantitative estimate of drug-likeness (QED) is 0.647. The minimum atomic E-state index is -3.53. The van der Waals surface area contributed by atoms with Gasteiger partial charge >= 0.3 is 0 Å². The lowest BCUT2D eigenvalue weighted by Crippen LogP contribution is -2.44. The fourth-order valence-electron chi connectivity index (χ4n) is 5.02. The van der Waals surface area contributed by atoms with Crippen LogP contribution in [0.25, 0.3) is 0 Å². The van der Waals surface area contributed by atoms with E-state index in [4.69, 9.17) is 0 Å². The SMILES string of the molecule is Cc1ccc(C(CNC(=O)C2CCN(S(=O)(=O)c3ccc(C)c(C)c3)CC2)N2CCCC2)cc1. The van der Waals surface area contributed by atoms with Crippen molar-refractivity contribution in [2.24, 2.45) is 5.92 Å².